The first-order valence-electron chi connectivity index (χ1n) is 9.97. The zero-order chi connectivity index (χ0) is 19.6. The number of nitrogens with one attached hydrogen (secondary N) is 2. The zero-order valence-corrected chi connectivity index (χ0v) is 20.3. The Balaban J connectivity index is 0.00000392. The number of methoxy groups -OCH3 is 1. The van der Waals surface area contributed by atoms with Crippen LogP contribution in [0.5, 0.6) is 5.75 Å². The van der Waals surface area contributed by atoms with Crippen LogP contribution >= 0.6 is 24.0 Å². The highest BCUT2D eigenvalue weighted by molar-refractivity contribution is 14.0. The van der Waals surface area contributed by atoms with Gasteiger partial charge in [0.2, 0.25) is 0 Å². The smallest absolute Gasteiger partial charge is 0.191 e. The van der Waals surface area contributed by atoms with Gasteiger partial charge < -0.3 is 20.1 Å². The average molecular weight is 504 g/mol. The first kappa shape index (κ1) is 25.0. The van der Waals surface area contributed by atoms with Crippen molar-refractivity contribution in [2.75, 3.05) is 40.4 Å². The fraction of sp³-hybridized carbons (Fsp3) is 0.667. The zero-order valence-electron chi connectivity index (χ0n) is 18.0. The van der Waals surface area contributed by atoms with Crippen molar-refractivity contribution >= 4 is 29.9 Å². The molecule has 2 rings (SSSR count). The number of rotatable bonds is 11. The van der Waals surface area contributed by atoms with Crippen LogP contribution < -0.4 is 15.4 Å². The van der Waals surface area contributed by atoms with Crippen LogP contribution in [0.15, 0.2) is 23.2 Å². The highest BCUT2D eigenvalue weighted by atomic mass is 127. The van der Waals surface area contributed by atoms with Crippen molar-refractivity contribution in [1.29, 1.82) is 0 Å². The van der Waals surface area contributed by atoms with Crippen LogP contribution in [0.3, 0.4) is 0 Å². The molecular weight excluding hydrogens is 467 g/mol. The van der Waals surface area contributed by atoms with Gasteiger partial charge in [0.1, 0.15) is 5.75 Å². The highest BCUT2D eigenvalue weighted by Gasteiger charge is 2.28. The summed E-state index contributed by atoms with van der Waals surface area (Å²) in [5.74, 6) is 1.75. The summed E-state index contributed by atoms with van der Waals surface area (Å²) in [4.78, 5) is 6.84. The third-order valence-electron chi connectivity index (χ3n) is 4.59. The van der Waals surface area contributed by atoms with E-state index in [2.05, 4.69) is 59.5 Å². The summed E-state index contributed by atoms with van der Waals surface area (Å²) in [5, 5.41) is 6.81. The van der Waals surface area contributed by atoms with Gasteiger partial charge in [0.05, 0.1) is 12.7 Å². The fourth-order valence-electron chi connectivity index (χ4n) is 3.01. The van der Waals surface area contributed by atoms with E-state index >= 15 is 0 Å². The maximum atomic E-state index is 5.96. The van der Waals surface area contributed by atoms with Crippen LogP contribution in [0.1, 0.15) is 37.8 Å². The molecule has 160 valence electrons. The van der Waals surface area contributed by atoms with Gasteiger partial charge in [0.25, 0.3) is 0 Å². The molecule has 1 aromatic rings. The van der Waals surface area contributed by atoms with E-state index in [1.165, 1.54) is 18.4 Å². The van der Waals surface area contributed by atoms with E-state index in [4.69, 9.17) is 9.47 Å². The maximum Gasteiger partial charge on any atom is 0.191 e. The summed E-state index contributed by atoms with van der Waals surface area (Å²) >= 11 is 0. The number of halogens is 1. The van der Waals surface area contributed by atoms with Crippen LogP contribution in [0.25, 0.3) is 0 Å². The standard InChI is InChI=1S/C21H36N4O2.HI/c1-16(2)27-20-14-17(3)6-7-18(20)15-24-21(22-4)23-10-11-25(12-13-26-5)19-8-9-19;/h6-7,14,16,19H,8-13,15H2,1-5H3,(H2,22,23,24);1H. The molecule has 0 bridgehead atoms. The Morgan fingerprint density at radius 2 is 2.00 bits per heavy atom. The lowest BCUT2D eigenvalue weighted by Gasteiger charge is -2.22. The van der Waals surface area contributed by atoms with Crippen molar-refractivity contribution in [3.05, 3.63) is 29.3 Å². The third-order valence-corrected chi connectivity index (χ3v) is 4.59. The molecule has 28 heavy (non-hydrogen) atoms. The van der Waals surface area contributed by atoms with Gasteiger partial charge in [-0.25, -0.2) is 0 Å². The summed E-state index contributed by atoms with van der Waals surface area (Å²) in [6.45, 7) is 10.5. The Morgan fingerprint density at radius 1 is 1.25 bits per heavy atom. The van der Waals surface area contributed by atoms with Gasteiger partial charge in [-0.3, -0.25) is 9.89 Å². The second kappa shape index (κ2) is 13.2. The Bertz CT molecular complexity index is 606. The molecule has 7 heteroatoms. The predicted molar refractivity (Wildman–Crippen MR) is 127 cm³/mol. The van der Waals surface area contributed by atoms with Crippen molar-refractivity contribution < 1.29 is 9.47 Å². The molecule has 2 N–H and O–H groups in total. The molecule has 0 unspecified atom stereocenters. The van der Waals surface area contributed by atoms with Crippen molar-refractivity contribution in [3.63, 3.8) is 0 Å². The molecule has 6 nitrogen and oxygen atoms in total. The molecule has 0 spiro atoms. The summed E-state index contributed by atoms with van der Waals surface area (Å²) < 4.78 is 11.2. The Labute approximate surface area is 187 Å². The Hall–Kier alpha value is -1.06. The second-order valence-electron chi connectivity index (χ2n) is 7.39. The molecular formula is C21H37IN4O2. The lowest BCUT2D eigenvalue weighted by Crippen LogP contribution is -2.42. The van der Waals surface area contributed by atoms with Gasteiger partial charge in [0, 0.05) is 51.9 Å². The number of hydrogen-bond acceptors (Lipinski definition) is 4. The number of guanidine groups is 1. The second-order valence-corrected chi connectivity index (χ2v) is 7.39. The van der Waals surface area contributed by atoms with Gasteiger partial charge >= 0.3 is 0 Å². The van der Waals surface area contributed by atoms with Crippen LogP contribution in [0.2, 0.25) is 0 Å². The number of ether oxygens (including phenoxy) is 2. The van der Waals surface area contributed by atoms with Crippen molar-refractivity contribution in [1.82, 2.24) is 15.5 Å². The van der Waals surface area contributed by atoms with Crippen molar-refractivity contribution in [2.24, 2.45) is 4.99 Å². The summed E-state index contributed by atoms with van der Waals surface area (Å²) in [6.07, 6.45) is 2.77. The molecule has 0 atom stereocenters. The van der Waals surface area contributed by atoms with E-state index in [0.29, 0.717) is 6.54 Å². The molecule has 0 saturated heterocycles. The lowest BCUT2D eigenvalue weighted by molar-refractivity contribution is 0.144. The maximum absolute atomic E-state index is 5.96. The summed E-state index contributed by atoms with van der Waals surface area (Å²) in [5.41, 5.74) is 2.34. The molecule has 0 radical (unpaired) electrons. The van der Waals surface area contributed by atoms with E-state index in [-0.39, 0.29) is 30.1 Å². The van der Waals surface area contributed by atoms with Gasteiger partial charge in [-0.2, -0.15) is 0 Å². The van der Waals surface area contributed by atoms with Gasteiger partial charge in [-0.1, -0.05) is 12.1 Å². The first-order chi connectivity index (χ1) is 13.0. The van der Waals surface area contributed by atoms with E-state index < -0.39 is 0 Å². The van der Waals surface area contributed by atoms with Crippen molar-refractivity contribution in [2.45, 2.75) is 52.3 Å². The van der Waals surface area contributed by atoms with E-state index in [1.54, 1.807) is 14.2 Å². The Kier molecular flexibility index (Phi) is 11.8. The highest BCUT2D eigenvalue weighted by Crippen LogP contribution is 2.26. The van der Waals surface area contributed by atoms with Crippen molar-refractivity contribution in [3.8, 4) is 5.75 Å². The number of aryl methyl sites for hydroxylation is 1. The molecule has 1 fully saturated rings. The molecule has 1 aromatic carbocycles. The van der Waals surface area contributed by atoms with Crippen LogP contribution in [0.4, 0.5) is 0 Å². The fourth-order valence-corrected chi connectivity index (χ4v) is 3.01. The monoisotopic (exact) mass is 504 g/mol. The number of benzene rings is 1. The molecule has 1 saturated carbocycles. The molecule has 0 amide bonds. The minimum absolute atomic E-state index is 0. The van der Waals surface area contributed by atoms with Gasteiger partial charge in [0.15, 0.2) is 5.96 Å². The largest absolute Gasteiger partial charge is 0.491 e. The minimum Gasteiger partial charge on any atom is -0.491 e. The molecule has 0 heterocycles. The van der Waals surface area contributed by atoms with E-state index in [0.717, 1.165) is 49.6 Å². The SMILES string of the molecule is CN=C(NCCN(CCOC)C1CC1)NCc1ccc(C)cc1OC(C)C.I. The summed E-state index contributed by atoms with van der Waals surface area (Å²) in [7, 11) is 3.57. The first-order valence-corrected chi connectivity index (χ1v) is 9.97. The Morgan fingerprint density at radius 3 is 2.61 bits per heavy atom. The minimum atomic E-state index is 0. The normalized spacial score (nSPS) is 14.2. The topological polar surface area (TPSA) is 58.1 Å². The lowest BCUT2D eigenvalue weighted by atomic mass is 10.1. The van der Waals surface area contributed by atoms with Crippen LogP contribution in [0, 0.1) is 6.92 Å². The number of nitrogens with zero attached hydrogens (tertiary/aromatic N) is 2. The molecule has 1 aliphatic rings. The summed E-state index contributed by atoms with van der Waals surface area (Å²) in [6, 6.07) is 7.06. The molecule has 1 aliphatic carbocycles. The quantitative estimate of drug-likeness (QED) is 0.276. The number of hydrogen-bond donors (Lipinski definition) is 2. The van der Waals surface area contributed by atoms with E-state index in [9.17, 15) is 0 Å². The molecule has 0 aliphatic heterocycles. The van der Waals surface area contributed by atoms with Gasteiger partial charge in [-0.15, -0.1) is 24.0 Å². The van der Waals surface area contributed by atoms with Crippen LogP contribution in [-0.4, -0.2) is 63.4 Å². The number of aliphatic imine (C=N–C) groups is 1. The molecule has 0 aromatic heterocycles. The van der Waals surface area contributed by atoms with E-state index in [1.807, 2.05) is 0 Å². The third kappa shape index (κ3) is 8.96. The predicted octanol–water partition coefficient (Wildman–Crippen LogP) is 3.18. The average Bonchev–Trinajstić information content (AvgIpc) is 3.46. The van der Waals surface area contributed by atoms with Crippen LogP contribution in [-0.2, 0) is 11.3 Å². The van der Waals surface area contributed by atoms with Gasteiger partial charge in [-0.05, 0) is 45.2 Å².